The molecule has 0 spiro atoms. The number of esters is 4. The van der Waals surface area contributed by atoms with Crippen LogP contribution < -0.4 is 0 Å². The topological polar surface area (TPSA) is 335 Å². The molecule has 26 nitrogen and oxygen atoms in total. The van der Waals surface area contributed by atoms with Gasteiger partial charge in [-0.25, -0.2) is 33.6 Å². The van der Waals surface area contributed by atoms with E-state index in [-0.39, 0.29) is 30.3 Å². The minimum atomic E-state index is -1.04. The predicted molar refractivity (Wildman–Crippen MR) is 405 cm³/mol. The number of carboxylic acids is 1. The van der Waals surface area contributed by atoms with Crippen LogP contribution in [0.2, 0.25) is 25.1 Å². The lowest BCUT2D eigenvalue weighted by atomic mass is 10.1. The van der Waals surface area contributed by atoms with Crippen LogP contribution in [0.5, 0.6) is 0 Å². The molecule has 10 aromatic rings. The number of carboxylic acid groups (broad SMARTS) is 1. The Balaban J connectivity index is 0.000000209. The average Bonchev–Trinajstić information content (AvgIpc) is 1.73. The minimum Gasteiger partial charge on any atom is -0.477 e. The number of hydrogen-bond donors (Lipinski definition) is 4. The Kier molecular flexibility index (Phi) is 31.8. The fourth-order valence-corrected chi connectivity index (χ4v) is 10.6. The number of H-pyrrole nitrogens is 3. The van der Waals surface area contributed by atoms with E-state index in [4.69, 9.17) is 96.3 Å². The van der Waals surface area contributed by atoms with Crippen LogP contribution in [-0.4, -0.2) is 150 Å². The molecule has 32 heteroatoms. The predicted octanol–water partition coefficient (Wildman–Crippen LogP) is 18.0. The fraction of sp³-hybridized carbons (Fsp3) is 0.297. The maximum absolute atomic E-state index is 12.6. The first-order chi connectivity index (χ1) is 50.2. The van der Waals surface area contributed by atoms with Crippen LogP contribution in [0.4, 0.5) is 9.59 Å². The van der Waals surface area contributed by atoms with Gasteiger partial charge in [0, 0.05) is 72.5 Å². The van der Waals surface area contributed by atoms with E-state index in [0.29, 0.717) is 101 Å². The molecule has 562 valence electrons. The van der Waals surface area contributed by atoms with Crippen LogP contribution in [0.3, 0.4) is 0 Å². The molecule has 0 saturated carbocycles. The summed E-state index contributed by atoms with van der Waals surface area (Å²) < 4.78 is 42.5. The van der Waals surface area contributed by atoms with Crippen molar-refractivity contribution >= 4 is 116 Å². The highest BCUT2D eigenvalue weighted by molar-refractivity contribution is 9.08. The Morgan fingerprint density at radius 1 is 0.443 bits per heavy atom. The van der Waals surface area contributed by atoms with Gasteiger partial charge in [0.1, 0.15) is 28.3 Å². The molecule has 0 bridgehead atoms. The van der Waals surface area contributed by atoms with E-state index in [0.717, 1.165) is 53.9 Å². The lowest BCUT2D eigenvalue weighted by molar-refractivity contribution is 0.0482. The summed E-state index contributed by atoms with van der Waals surface area (Å²) in [5.41, 5.74) is 10.4. The number of rotatable bonds is 18. The van der Waals surface area contributed by atoms with Crippen molar-refractivity contribution in [3.8, 4) is 56.3 Å². The number of benzene rings is 5. The molecule has 4 N–H and O–H groups in total. The first kappa shape index (κ1) is 85.2. The van der Waals surface area contributed by atoms with Gasteiger partial charge in [0.25, 0.3) is 0 Å². The smallest absolute Gasteiger partial charge is 0.435 e. The molecule has 5 heterocycles. The van der Waals surface area contributed by atoms with Crippen LogP contribution in [0.1, 0.15) is 143 Å². The van der Waals surface area contributed by atoms with Crippen LogP contribution >= 0.6 is 73.9 Å². The molecule has 0 amide bonds. The lowest BCUT2D eigenvalue weighted by Crippen LogP contribution is -2.28. The molecule has 0 atom stereocenters. The first-order valence-electron chi connectivity index (χ1n) is 32.3. The number of nitrogens with one attached hydrogen (secondary N) is 3. The third-order valence-electron chi connectivity index (χ3n) is 14.1. The highest BCUT2D eigenvalue weighted by Gasteiger charge is 2.28. The van der Waals surface area contributed by atoms with Crippen molar-refractivity contribution in [3.63, 3.8) is 0 Å². The van der Waals surface area contributed by atoms with Crippen molar-refractivity contribution in [3.05, 3.63) is 203 Å². The highest BCUT2D eigenvalue weighted by Crippen LogP contribution is 2.32. The molecule has 0 radical (unpaired) electrons. The van der Waals surface area contributed by atoms with Crippen molar-refractivity contribution in [2.24, 2.45) is 0 Å². The van der Waals surface area contributed by atoms with Gasteiger partial charge in [-0.2, -0.15) is 34.9 Å². The maximum atomic E-state index is 12.6. The van der Waals surface area contributed by atoms with Crippen molar-refractivity contribution in [2.75, 3.05) is 41.2 Å². The first-order valence-corrected chi connectivity index (χ1v) is 35.3. The van der Waals surface area contributed by atoms with Crippen LogP contribution in [-0.2, 0) is 56.4 Å². The molecule has 106 heavy (non-hydrogen) atoms. The van der Waals surface area contributed by atoms with Gasteiger partial charge in [-0.15, -0.1) is 0 Å². The molecular formula is C74H78BrCl5N10O16. The van der Waals surface area contributed by atoms with Gasteiger partial charge in [-0.05, 0) is 195 Å². The second kappa shape index (κ2) is 39.6. The Morgan fingerprint density at radius 2 is 0.774 bits per heavy atom. The zero-order valence-corrected chi connectivity index (χ0v) is 65.6. The minimum absolute atomic E-state index is 0.0306. The number of carbonyl (C=O) groups is 7. The molecule has 5 aromatic carbocycles. The summed E-state index contributed by atoms with van der Waals surface area (Å²) in [6, 6.07) is 34.8. The Morgan fingerprint density at radius 3 is 1.13 bits per heavy atom. The van der Waals surface area contributed by atoms with Gasteiger partial charge in [0.05, 0.1) is 68.6 Å². The van der Waals surface area contributed by atoms with E-state index in [1.165, 1.54) is 25.3 Å². The fourth-order valence-electron chi connectivity index (χ4n) is 9.16. The summed E-state index contributed by atoms with van der Waals surface area (Å²) in [7, 11) is 4.51. The summed E-state index contributed by atoms with van der Waals surface area (Å²) in [4.78, 5) is 82.7. The van der Waals surface area contributed by atoms with E-state index >= 15 is 0 Å². The van der Waals surface area contributed by atoms with E-state index in [1.54, 1.807) is 131 Å². The molecule has 0 aliphatic rings. The zero-order chi connectivity index (χ0) is 78.3. The van der Waals surface area contributed by atoms with Gasteiger partial charge < -0.3 is 43.0 Å². The molecule has 0 saturated heterocycles. The molecule has 10 rings (SSSR count). The summed E-state index contributed by atoms with van der Waals surface area (Å²) in [5, 5.41) is 40.6. The Hall–Kier alpha value is -9.71. The molecule has 0 aliphatic heterocycles. The SMILES string of the molecule is CCOC(=O)c1cc(-c2ccc(Cl)c(C)c2)n(C(=O)OC(C)(C)C)n1.CCOC(=O)c1cc(-c2ccc(Cl)c(C)c2)n[nH]1.CCOC(=O)c1cc(-c2ccc(Cl)c(CBr)c2)n(C(=O)OC(C)(C)C)n1.COCc1cc(-c2cc(C(=O)O)[nH]n2)ccc1Cl.COCc1cc(-c2cc(C(=O)OC)[nH]n2)ccc1Cl. The number of hydrogen-bond acceptors (Lipinski definition) is 20. The zero-order valence-electron chi connectivity index (χ0n) is 60.3. The maximum Gasteiger partial charge on any atom is 0.435 e. The van der Waals surface area contributed by atoms with Crippen molar-refractivity contribution in [1.29, 1.82) is 0 Å². The van der Waals surface area contributed by atoms with Crippen molar-refractivity contribution < 1.29 is 76.6 Å². The van der Waals surface area contributed by atoms with E-state index < -0.39 is 53.2 Å². The molecule has 0 aliphatic carbocycles. The van der Waals surface area contributed by atoms with Gasteiger partial charge in [-0.3, -0.25) is 15.3 Å². The monoisotopic (exact) mass is 1620 g/mol. The summed E-state index contributed by atoms with van der Waals surface area (Å²) in [6.45, 7) is 21.0. The van der Waals surface area contributed by atoms with Crippen LogP contribution in [0.15, 0.2) is 121 Å². The number of aromatic amines is 3. The van der Waals surface area contributed by atoms with Crippen molar-refractivity contribution in [2.45, 2.75) is 106 Å². The second-order valence-corrected chi connectivity index (χ2v) is 27.0. The average molecular weight is 1620 g/mol. The number of aryl methyl sites for hydroxylation is 2. The molecular weight excluding hydrogens is 1540 g/mol. The highest BCUT2D eigenvalue weighted by atomic mass is 79.9. The number of nitrogens with zero attached hydrogens (tertiary/aromatic N) is 7. The largest absolute Gasteiger partial charge is 0.477 e. The summed E-state index contributed by atoms with van der Waals surface area (Å²) in [6.07, 6.45) is -1.36. The normalized spacial score (nSPS) is 10.9. The van der Waals surface area contributed by atoms with Gasteiger partial charge in [0.15, 0.2) is 11.4 Å². The number of aromatic nitrogens is 10. The van der Waals surface area contributed by atoms with Gasteiger partial charge in [0.2, 0.25) is 0 Å². The quantitative estimate of drug-likeness (QED) is 0.0352. The summed E-state index contributed by atoms with van der Waals surface area (Å²) >= 11 is 33.6. The molecule has 0 fully saturated rings. The van der Waals surface area contributed by atoms with Crippen LogP contribution in [0, 0.1) is 13.8 Å². The number of carbonyl (C=O) groups excluding carboxylic acids is 6. The summed E-state index contributed by atoms with van der Waals surface area (Å²) in [5.74, 6) is -3.10. The number of methoxy groups -OCH3 is 3. The van der Waals surface area contributed by atoms with Crippen molar-refractivity contribution in [1.82, 2.24) is 50.2 Å². The van der Waals surface area contributed by atoms with E-state index in [9.17, 15) is 33.6 Å². The third-order valence-corrected chi connectivity index (χ3v) is 16.6. The Bertz CT molecular complexity index is 4740. The number of aromatic carboxylic acids is 1. The van der Waals surface area contributed by atoms with Crippen LogP contribution in [0.25, 0.3) is 56.3 Å². The number of ether oxygens (including phenoxy) is 8. The van der Waals surface area contributed by atoms with Gasteiger partial charge >= 0.3 is 42.0 Å². The lowest BCUT2D eigenvalue weighted by Gasteiger charge is -2.19. The second-order valence-electron chi connectivity index (χ2n) is 24.4. The number of halogens is 6. The van der Waals surface area contributed by atoms with Gasteiger partial charge in [-0.1, -0.05) is 104 Å². The number of alkyl halides is 1. The third kappa shape index (κ3) is 24.4. The van der Waals surface area contributed by atoms with E-state index in [2.05, 4.69) is 61.5 Å². The Labute approximate surface area is 644 Å². The molecule has 5 aromatic heterocycles. The standard InChI is InChI=1S/C18H20BrClN2O4.C18H21ClN2O4.C13H13ClN2O3.C13H13ClN2O2.C12H11ClN2O3/c1-5-25-16(23)14-9-15(11-6-7-13(20)12(8-11)10-19)22(21-14)17(24)26-18(2,3)4;1-6-24-16(22)14-10-15(12-7-8-13(19)11(2)9-12)21(20-14)17(23)25-18(3,4)5;1-18-7-9-5-8(3-4-10(9)14)11-6-12(16-15-11)13(17)19-2;1-3-18-13(17)12-7-11(15-16-12)9-4-5-10(14)8(2)6-9;1-18-6-8-4-7(2-3-9(8)13)10-5-11(12(16)17)15-14-10/h6-9H,5,10H2,1-4H3;7-10H,6H2,1-5H3;3-6H,7H2,1-2H3,(H,15,16);4-7H,3H2,1-2H3,(H,15,16);2-5H,6H2,1H3,(H,14,15)(H,16,17). The molecule has 0 unspecified atom stereocenters. The van der Waals surface area contributed by atoms with E-state index in [1.807, 2.05) is 62.4 Å².